The third-order valence-corrected chi connectivity index (χ3v) is 3.34. The minimum atomic E-state index is -0.967. The third-order valence-electron chi connectivity index (χ3n) is 3.34. The number of carboxylic acid groups (broad SMARTS) is 1. The van der Waals surface area contributed by atoms with Crippen LogP contribution in [0.1, 0.15) is 25.7 Å². The fourth-order valence-corrected chi connectivity index (χ4v) is 2.02. The predicted molar refractivity (Wildman–Crippen MR) is 67.0 cm³/mol. The van der Waals surface area contributed by atoms with E-state index < -0.39 is 11.5 Å². The summed E-state index contributed by atoms with van der Waals surface area (Å²) >= 11 is 0. The van der Waals surface area contributed by atoms with Crippen molar-refractivity contribution >= 4 is 12.0 Å². The molecule has 2 rings (SSSR count). The van der Waals surface area contributed by atoms with Gasteiger partial charge in [0.1, 0.15) is 5.54 Å². The normalized spacial score (nSPS) is 21.9. The molecule has 2 amide bonds. The standard InChI is InChI=1S/C6H12N2O2.C5H10N2O/c7-6(5(9)10)1-3-8-4-2-6;6-5(8)7-3-1-2-4-7/h8H,1-4,7H2,(H,9,10);1-4H2,(H2,6,8). The van der Waals surface area contributed by atoms with Gasteiger partial charge in [0, 0.05) is 13.1 Å². The van der Waals surface area contributed by atoms with Crippen LogP contribution in [0.15, 0.2) is 0 Å². The SMILES string of the molecule is NC(=O)N1CCCC1.NC1(C(=O)O)CCNCC1. The molecule has 0 unspecified atom stereocenters. The number of piperidine rings is 1. The van der Waals surface area contributed by atoms with E-state index in [1.54, 1.807) is 4.90 Å². The molecule has 0 bridgehead atoms. The molecule has 0 spiro atoms. The number of urea groups is 1. The second-order valence-electron chi connectivity index (χ2n) is 4.74. The number of hydrogen-bond acceptors (Lipinski definition) is 4. The summed E-state index contributed by atoms with van der Waals surface area (Å²) in [7, 11) is 0. The minimum absolute atomic E-state index is 0.275. The lowest BCUT2D eigenvalue weighted by molar-refractivity contribution is -0.144. The number of nitrogens with two attached hydrogens (primary N) is 2. The third kappa shape index (κ3) is 4.15. The van der Waals surface area contributed by atoms with E-state index in [0.717, 1.165) is 25.9 Å². The highest BCUT2D eigenvalue weighted by Gasteiger charge is 2.34. The highest BCUT2D eigenvalue weighted by Crippen LogP contribution is 2.14. The van der Waals surface area contributed by atoms with Gasteiger partial charge in [-0.2, -0.15) is 0 Å². The fraction of sp³-hybridized carbons (Fsp3) is 0.818. The molecular weight excluding hydrogens is 236 g/mol. The molecule has 2 aliphatic heterocycles. The van der Waals surface area contributed by atoms with Gasteiger partial charge in [-0.15, -0.1) is 0 Å². The van der Waals surface area contributed by atoms with E-state index in [-0.39, 0.29) is 6.03 Å². The summed E-state index contributed by atoms with van der Waals surface area (Å²) in [6, 6.07) is -0.275. The Kier molecular flexibility index (Phi) is 5.36. The summed E-state index contributed by atoms with van der Waals surface area (Å²) < 4.78 is 0. The van der Waals surface area contributed by atoms with Gasteiger partial charge in [-0.05, 0) is 38.8 Å². The van der Waals surface area contributed by atoms with Gasteiger partial charge in [0.05, 0.1) is 0 Å². The maximum Gasteiger partial charge on any atom is 0.323 e. The number of likely N-dealkylation sites (tertiary alicyclic amines) is 1. The van der Waals surface area contributed by atoms with Crippen LogP contribution in [-0.4, -0.2) is 53.7 Å². The van der Waals surface area contributed by atoms with E-state index in [2.05, 4.69) is 5.32 Å². The van der Waals surface area contributed by atoms with Crippen molar-refractivity contribution in [2.24, 2.45) is 11.5 Å². The second-order valence-corrected chi connectivity index (χ2v) is 4.74. The summed E-state index contributed by atoms with van der Waals surface area (Å²) in [5.74, 6) is -0.881. The van der Waals surface area contributed by atoms with Gasteiger partial charge in [0.25, 0.3) is 0 Å². The molecule has 6 N–H and O–H groups in total. The summed E-state index contributed by atoms with van der Waals surface area (Å²) in [5.41, 5.74) is 9.58. The Morgan fingerprint density at radius 2 is 1.67 bits per heavy atom. The summed E-state index contributed by atoms with van der Waals surface area (Å²) in [6.45, 7) is 3.14. The molecule has 2 saturated heterocycles. The average molecular weight is 258 g/mol. The van der Waals surface area contributed by atoms with E-state index in [1.807, 2.05) is 0 Å². The van der Waals surface area contributed by atoms with Crippen LogP contribution in [0.4, 0.5) is 4.79 Å². The predicted octanol–water partition coefficient (Wildman–Crippen LogP) is -0.687. The quantitative estimate of drug-likeness (QED) is 0.496. The summed E-state index contributed by atoms with van der Waals surface area (Å²) in [6.07, 6.45) is 3.29. The largest absolute Gasteiger partial charge is 0.480 e. The number of nitrogens with zero attached hydrogens (tertiary/aromatic N) is 1. The van der Waals surface area contributed by atoms with Crippen LogP contribution in [0.2, 0.25) is 0 Å². The molecule has 0 saturated carbocycles. The van der Waals surface area contributed by atoms with Crippen LogP contribution >= 0.6 is 0 Å². The van der Waals surface area contributed by atoms with Crippen molar-refractivity contribution in [3.63, 3.8) is 0 Å². The minimum Gasteiger partial charge on any atom is -0.480 e. The Morgan fingerprint density at radius 1 is 1.17 bits per heavy atom. The maximum atomic E-state index is 10.5. The van der Waals surface area contributed by atoms with E-state index in [0.29, 0.717) is 25.9 Å². The molecule has 104 valence electrons. The first-order valence-electron chi connectivity index (χ1n) is 6.23. The highest BCUT2D eigenvalue weighted by molar-refractivity contribution is 5.78. The molecule has 0 atom stereocenters. The smallest absolute Gasteiger partial charge is 0.323 e. The van der Waals surface area contributed by atoms with Crippen LogP contribution in [0.3, 0.4) is 0 Å². The van der Waals surface area contributed by atoms with Crippen LogP contribution in [0, 0.1) is 0 Å². The lowest BCUT2D eigenvalue weighted by Gasteiger charge is -2.29. The maximum absolute atomic E-state index is 10.5. The molecule has 0 aromatic heterocycles. The molecule has 0 radical (unpaired) electrons. The summed E-state index contributed by atoms with van der Waals surface area (Å²) in [5, 5.41) is 11.7. The Labute approximate surface area is 106 Å². The van der Waals surface area contributed by atoms with Gasteiger partial charge in [0.2, 0.25) is 0 Å². The first-order chi connectivity index (χ1) is 8.46. The Morgan fingerprint density at radius 3 is 1.94 bits per heavy atom. The number of amides is 2. The number of aliphatic carboxylic acids is 1. The van der Waals surface area contributed by atoms with Crippen molar-refractivity contribution in [2.75, 3.05) is 26.2 Å². The molecule has 0 aliphatic carbocycles. The molecule has 7 heteroatoms. The van der Waals surface area contributed by atoms with Crippen LogP contribution < -0.4 is 16.8 Å². The topological polar surface area (TPSA) is 122 Å². The lowest BCUT2D eigenvalue weighted by Crippen LogP contribution is -2.54. The Hall–Kier alpha value is -1.34. The number of rotatable bonds is 1. The van der Waals surface area contributed by atoms with Crippen molar-refractivity contribution in [1.82, 2.24) is 10.2 Å². The zero-order chi connectivity index (χ0) is 13.6. The van der Waals surface area contributed by atoms with Gasteiger partial charge in [0.15, 0.2) is 0 Å². The number of primary amides is 1. The fourth-order valence-electron chi connectivity index (χ4n) is 2.02. The Bertz CT molecular complexity index is 297. The van der Waals surface area contributed by atoms with Crippen molar-refractivity contribution in [2.45, 2.75) is 31.2 Å². The van der Waals surface area contributed by atoms with E-state index in [1.165, 1.54) is 0 Å². The molecule has 2 heterocycles. The number of hydrogen-bond donors (Lipinski definition) is 4. The van der Waals surface area contributed by atoms with Gasteiger partial charge in [-0.25, -0.2) is 4.79 Å². The molecule has 0 aromatic carbocycles. The molecule has 2 fully saturated rings. The van der Waals surface area contributed by atoms with Crippen LogP contribution in [-0.2, 0) is 4.79 Å². The van der Waals surface area contributed by atoms with Crippen LogP contribution in [0.25, 0.3) is 0 Å². The monoisotopic (exact) mass is 258 g/mol. The first kappa shape index (κ1) is 14.7. The van der Waals surface area contributed by atoms with Crippen LogP contribution in [0.5, 0.6) is 0 Å². The van der Waals surface area contributed by atoms with E-state index in [4.69, 9.17) is 16.6 Å². The molecular formula is C11H22N4O3. The molecule has 2 aliphatic rings. The molecule has 18 heavy (non-hydrogen) atoms. The van der Waals surface area contributed by atoms with Crippen molar-refractivity contribution in [3.8, 4) is 0 Å². The molecule has 0 aromatic rings. The average Bonchev–Trinajstić information content (AvgIpc) is 2.84. The zero-order valence-electron chi connectivity index (χ0n) is 10.5. The van der Waals surface area contributed by atoms with Crippen molar-refractivity contribution in [3.05, 3.63) is 0 Å². The number of nitrogens with one attached hydrogen (secondary N) is 1. The lowest BCUT2D eigenvalue weighted by atomic mass is 9.90. The Balaban J connectivity index is 0.000000184. The van der Waals surface area contributed by atoms with E-state index >= 15 is 0 Å². The van der Waals surface area contributed by atoms with Crippen molar-refractivity contribution < 1.29 is 14.7 Å². The van der Waals surface area contributed by atoms with E-state index in [9.17, 15) is 9.59 Å². The van der Waals surface area contributed by atoms with Gasteiger partial charge in [-0.1, -0.05) is 0 Å². The molecule has 7 nitrogen and oxygen atoms in total. The van der Waals surface area contributed by atoms with Crippen molar-refractivity contribution in [1.29, 1.82) is 0 Å². The number of carbonyl (C=O) groups excluding carboxylic acids is 1. The number of carboxylic acids is 1. The van der Waals surface area contributed by atoms with Gasteiger partial charge in [-0.3, -0.25) is 4.79 Å². The summed E-state index contributed by atoms with van der Waals surface area (Å²) in [4.78, 5) is 22.5. The second kappa shape index (κ2) is 6.55. The van der Waals surface area contributed by atoms with Gasteiger partial charge < -0.3 is 26.8 Å². The number of carbonyl (C=O) groups is 2. The highest BCUT2D eigenvalue weighted by atomic mass is 16.4. The first-order valence-corrected chi connectivity index (χ1v) is 6.23. The van der Waals surface area contributed by atoms with Gasteiger partial charge >= 0.3 is 12.0 Å². The zero-order valence-corrected chi connectivity index (χ0v) is 10.5.